The minimum Gasteiger partial charge on any atom is -0.488 e. The number of aromatic amines is 1. The fourth-order valence-electron chi connectivity index (χ4n) is 2.10. The Morgan fingerprint density at radius 2 is 2.32 bits per heavy atom. The van der Waals surface area contributed by atoms with Crippen LogP contribution in [0, 0.1) is 5.82 Å². The first-order valence-electron chi connectivity index (χ1n) is 5.53. The summed E-state index contributed by atoms with van der Waals surface area (Å²) in [7, 11) is 1.30. The van der Waals surface area contributed by atoms with Crippen molar-refractivity contribution in [1.29, 1.82) is 0 Å². The van der Waals surface area contributed by atoms with Crippen LogP contribution in [0.1, 0.15) is 16.1 Å². The molecular weight excluding hydrogens is 317 g/mol. The van der Waals surface area contributed by atoms with Crippen LogP contribution < -0.4 is 4.74 Å². The van der Waals surface area contributed by atoms with Crippen molar-refractivity contribution >= 4 is 21.9 Å². The van der Waals surface area contributed by atoms with E-state index in [2.05, 4.69) is 20.9 Å². The maximum atomic E-state index is 13.3. The van der Waals surface area contributed by atoms with Gasteiger partial charge < -0.3 is 14.5 Å². The van der Waals surface area contributed by atoms with Gasteiger partial charge in [0.2, 0.25) is 0 Å². The van der Waals surface area contributed by atoms with Crippen molar-refractivity contribution in [2.75, 3.05) is 7.11 Å². The van der Waals surface area contributed by atoms with Crippen LogP contribution in [0.15, 0.2) is 22.7 Å². The summed E-state index contributed by atoms with van der Waals surface area (Å²) in [6.07, 6.45) is 0. The van der Waals surface area contributed by atoms with E-state index in [0.717, 1.165) is 5.56 Å². The number of ether oxygens (including phenoxy) is 2. The molecule has 1 aromatic heterocycles. The average Bonchev–Trinajstić information content (AvgIpc) is 2.76. The molecule has 1 aliphatic heterocycles. The molecule has 6 heteroatoms. The van der Waals surface area contributed by atoms with Gasteiger partial charge in [0.1, 0.15) is 23.9 Å². The van der Waals surface area contributed by atoms with Gasteiger partial charge >= 0.3 is 5.97 Å². The molecule has 1 N–H and O–H groups in total. The quantitative estimate of drug-likeness (QED) is 0.819. The van der Waals surface area contributed by atoms with E-state index in [1.807, 2.05) is 0 Å². The number of methoxy groups -OCH3 is 1. The Hall–Kier alpha value is -1.82. The number of carbonyl (C=O) groups is 1. The number of fused-ring (bicyclic) bond motifs is 3. The molecule has 2 heterocycles. The third kappa shape index (κ3) is 1.83. The van der Waals surface area contributed by atoms with Crippen LogP contribution in [-0.2, 0) is 11.3 Å². The summed E-state index contributed by atoms with van der Waals surface area (Å²) < 4.78 is 24.2. The van der Waals surface area contributed by atoms with Gasteiger partial charge in [0.15, 0.2) is 0 Å². The van der Waals surface area contributed by atoms with Crippen molar-refractivity contribution in [3.05, 3.63) is 39.7 Å². The summed E-state index contributed by atoms with van der Waals surface area (Å²) >= 11 is 3.34. The lowest BCUT2D eigenvalue weighted by atomic mass is 10.0. The number of carbonyl (C=O) groups excluding carboxylic acids is 1. The Bertz CT molecular complexity index is 681. The third-order valence-electron chi connectivity index (χ3n) is 3.01. The van der Waals surface area contributed by atoms with Gasteiger partial charge in [-0.2, -0.15) is 0 Å². The smallest absolute Gasteiger partial charge is 0.355 e. The molecule has 4 nitrogen and oxygen atoms in total. The van der Waals surface area contributed by atoms with Crippen molar-refractivity contribution in [3.63, 3.8) is 0 Å². The van der Waals surface area contributed by atoms with E-state index < -0.39 is 5.97 Å². The van der Waals surface area contributed by atoms with Gasteiger partial charge in [-0.1, -0.05) is 0 Å². The van der Waals surface area contributed by atoms with Crippen molar-refractivity contribution in [2.24, 2.45) is 0 Å². The highest BCUT2D eigenvalue weighted by molar-refractivity contribution is 9.10. The summed E-state index contributed by atoms with van der Waals surface area (Å²) in [6.45, 7) is 0.308. The summed E-state index contributed by atoms with van der Waals surface area (Å²) in [6, 6.07) is 4.28. The van der Waals surface area contributed by atoms with Crippen molar-refractivity contribution in [3.8, 4) is 17.0 Å². The molecule has 0 saturated heterocycles. The fraction of sp³-hybridized carbons (Fsp3) is 0.154. The number of H-pyrrole nitrogens is 1. The summed E-state index contributed by atoms with van der Waals surface area (Å²) in [4.78, 5) is 14.6. The zero-order valence-electron chi connectivity index (χ0n) is 9.92. The lowest BCUT2D eigenvalue weighted by molar-refractivity contribution is 0.0594. The van der Waals surface area contributed by atoms with Gasteiger partial charge in [-0.3, -0.25) is 0 Å². The molecule has 98 valence electrons. The van der Waals surface area contributed by atoms with Crippen LogP contribution in [0.3, 0.4) is 0 Å². The van der Waals surface area contributed by atoms with Crippen molar-refractivity contribution in [2.45, 2.75) is 6.61 Å². The number of hydrogen-bond acceptors (Lipinski definition) is 3. The predicted molar refractivity (Wildman–Crippen MR) is 69.6 cm³/mol. The van der Waals surface area contributed by atoms with Crippen LogP contribution in [-0.4, -0.2) is 18.1 Å². The largest absolute Gasteiger partial charge is 0.488 e. The second-order valence-electron chi connectivity index (χ2n) is 4.09. The first-order chi connectivity index (χ1) is 9.11. The van der Waals surface area contributed by atoms with E-state index in [1.54, 1.807) is 6.07 Å². The van der Waals surface area contributed by atoms with E-state index in [1.165, 1.54) is 19.2 Å². The second-order valence-corrected chi connectivity index (χ2v) is 4.88. The predicted octanol–water partition coefficient (Wildman–Crippen LogP) is 3.26. The van der Waals surface area contributed by atoms with Gasteiger partial charge in [0, 0.05) is 11.1 Å². The summed E-state index contributed by atoms with van der Waals surface area (Å²) in [5.74, 6) is -0.265. The van der Waals surface area contributed by atoms with E-state index in [9.17, 15) is 9.18 Å². The highest BCUT2D eigenvalue weighted by Gasteiger charge is 2.27. The number of nitrogens with one attached hydrogen (secondary N) is 1. The van der Waals surface area contributed by atoms with Crippen molar-refractivity contribution in [1.82, 2.24) is 4.98 Å². The molecule has 0 aliphatic carbocycles. The molecule has 3 rings (SSSR count). The number of rotatable bonds is 1. The normalized spacial score (nSPS) is 12.4. The first kappa shape index (κ1) is 12.2. The fourth-order valence-corrected chi connectivity index (χ4v) is 2.67. The monoisotopic (exact) mass is 325 g/mol. The third-order valence-corrected chi connectivity index (χ3v) is 3.88. The van der Waals surface area contributed by atoms with Gasteiger partial charge in [-0.15, -0.1) is 0 Å². The highest BCUT2D eigenvalue weighted by Crippen LogP contribution is 2.41. The van der Waals surface area contributed by atoms with Gasteiger partial charge in [0.25, 0.3) is 0 Å². The van der Waals surface area contributed by atoms with E-state index in [0.29, 0.717) is 33.8 Å². The van der Waals surface area contributed by atoms with E-state index in [-0.39, 0.29) is 5.82 Å². The van der Waals surface area contributed by atoms with Crippen LogP contribution in [0.4, 0.5) is 4.39 Å². The van der Waals surface area contributed by atoms with E-state index >= 15 is 0 Å². The minimum atomic E-state index is -0.487. The number of hydrogen-bond donors (Lipinski definition) is 1. The Balaban J connectivity index is 2.21. The SMILES string of the molecule is COC(=O)c1[nH]c2c(c1Br)COc1ccc(F)cc1-2. The Morgan fingerprint density at radius 3 is 3.05 bits per heavy atom. The molecule has 0 amide bonds. The number of halogens is 2. The Morgan fingerprint density at radius 1 is 1.53 bits per heavy atom. The number of aromatic nitrogens is 1. The molecule has 0 unspecified atom stereocenters. The maximum absolute atomic E-state index is 13.3. The molecule has 2 aromatic rings. The molecule has 0 spiro atoms. The van der Waals surface area contributed by atoms with Crippen LogP contribution >= 0.6 is 15.9 Å². The Labute approximate surface area is 116 Å². The molecular formula is C13H9BrFNO3. The van der Waals surface area contributed by atoms with Crippen molar-refractivity contribution < 1.29 is 18.7 Å². The van der Waals surface area contributed by atoms with Crippen LogP contribution in [0.25, 0.3) is 11.3 Å². The van der Waals surface area contributed by atoms with Gasteiger partial charge in [-0.25, -0.2) is 9.18 Å². The average molecular weight is 326 g/mol. The van der Waals surface area contributed by atoms with Crippen LogP contribution in [0.2, 0.25) is 0 Å². The van der Waals surface area contributed by atoms with Crippen LogP contribution in [0.5, 0.6) is 5.75 Å². The molecule has 1 aromatic carbocycles. The number of esters is 1. The molecule has 0 saturated carbocycles. The topological polar surface area (TPSA) is 51.3 Å². The molecule has 0 fully saturated rings. The molecule has 0 bridgehead atoms. The number of benzene rings is 1. The lowest BCUT2D eigenvalue weighted by Crippen LogP contribution is -2.04. The zero-order chi connectivity index (χ0) is 13.6. The zero-order valence-corrected chi connectivity index (χ0v) is 11.5. The van der Waals surface area contributed by atoms with Gasteiger partial charge in [-0.05, 0) is 34.1 Å². The summed E-state index contributed by atoms with van der Waals surface area (Å²) in [5, 5.41) is 0. The summed E-state index contributed by atoms with van der Waals surface area (Å²) in [5.41, 5.74) is 2.34. The first-order valence-corrected chi connectivity index (χ1v) is 6.32. The second kappa shape index (κ2) is 4.38. The minimum absolute atomic E-state index is 0.299. The molecule has 19 heavy (non-hydrogen) atoms. The highest BCUT2D eigenvalue weighted by atomic mass is 79.9. The van der Waals surface area contributed by atoms with Gasteiger partial charge in [0.05, 0.1) is 17.3 Å². The van der Waals surface area contributed by atoms with E-state index in [4.69, 9.17) is 9.47 Å². The lowest BCUT2D eigenvalue weighted by Gasteiger charge is -2.17. The molecule has 0 atom stereocenters. The molecule has 0 radical (unpaired) electrons. The molecule has 1 aliphatic rings. The maximum Gasteiger partial charge on any atom is 0.355 e. The standard InChI is InChI=1S/C13H9BrFNO3/c1-18-13(17)12-10(14)8-5-19-9-3-2-6(15)4-7(9)11(8)16-12/h2-4,16H,5H2,1H3. The Kier molecular flexibility index (Phi) is 2.82.